The molecule has 2 atom stereocenters. The van der Waals surface area contributed by atoms with Crippen LogP contribution in [0.5, 0.6) is 0 Å². The Morgan fingerprint density at radius 1 is 1.47 bits per heavy atom. The number of hydrazine groups is 1. The highest BCUT2D eigenvalue weighted by Gasteiger charge is 2.26. The minimum atomic E-state index is 0.166. The number of rotatable bonds is 5. The molecule has 2 rings (SSSR count). The number of aryl methyl sites for hydroxylation is 1. The summed E-state index contributed by atoms with van der Waals surface area (Å²) in [5.41, 5.74) is 4.11. The van der Waals surface area contributed by atoms with Crippen LogP contribution < -0.4 is 11.3 Å². The van der Waals surface area contributed by atoms with Crippen molar-refractivity contribution in [1.29, 1.82) is 0 Å². The fourth-order valence-electron chi connectivity index (χ4n) is 2.66. The lowest BCUT2D eigenvalue weighted by Crippen LogP contribution is -2.51. The van der Waals surface area contributed by atoms with Crippen molar-refractivity contribution in [3.8, 4) is 0 Å². The van der Waals surface area contributed by atoms with Crippen LogP contribution in [0.3, 0.4) is 0 Å². The Bertz CT molecular complexity index is 390. The van der Waals surface area contributed by atoms with E-state index in [0.717, 1.165) is 32.6 Å². The standard InChI is InChI=1S/C13H26N6/c1-4-19-9-11(8-15-19)13(16-14)7-12-10-17(2)5-6-18(12)3/h8-9,12-13,16H,4-7,10,14H2,1-3H3. The quantitative estimate of drug-likeness (QED) is 0.582. The third kappa shape index (κ3) is 3.54. The molecule has 1 aromatic heterocycles. The molecule has 3 N–H and O–H groups in total. The summed E-state index contributed by atoms with van der Waals surface area (Å²) in [6, 6.07) is 0.698. The van der Waals surface area contributed by atoms with Gasteiger partial charge < -0.3 is 9.80 Å². The van der Waals surface area contributed by atoms with Crippen molar-refractivity contribution in [3.05, 3.63) is 18.0 Å². The maximum atomic E-state index is 5.73. The molecule has 6 heteroatoms. The van der Waals surface area contributed by atoms with Crippen LogP contribution in [0, 0.1) is 0 Å². The first-order valence-electron chi connectivity index (χ1n) is 7.01. The van der Waals surface area contributed by atoms with Crippen LogP contribution in [0.15, 0.2) is 12.4 Å². The normalized spacial score (nSPS) is 23.7. The molecule has 1 fully saturated rings. The summed E-state index contributed by atoms with van der Waals surface area (Å²) in [5.74, 6) is 5.73. The Hall–Kier alpha value is -0.950. The van der Waals surface area contributed by atoms with E-state index in [4.69, 9.17) is 5.84 Å². The fourth-order valence-corrected chi connectivity index (χ4v) is 2.66. The van der Waals surface area contributed by atoms with Gasteiger partial charge in [0, 0.05) is 44.0 Å². The summed E-state index contributed by atoms with van der Waals surface area (Å²) in [6.45, 7) is 6.33. The van der Waals surface area contributed by atoms with Crippen molar-refractivity contribution in [2.45, 2.75) is 32.0 Å². The molecule has 0 saturated carbocycles. The Balaban J connectivity index is 2.01. The third-order valence-corrected chi connectivity index (χ3v) is 4.07. The first kappa shape index (κ1) is 14.5. The first-order chi connectivity index (χ1) is 9.13. The zero-order valence-electron chi connectivity index (χ0n) is 12.2. The van der Waals surface area contributed by atoms with Crippen molar-refractivity contribution < 1.29 is 0 Å². The lowest BCUT2D eigenvalue weighted by atomic mass is 10.00. The maximum absolute atomic E-state index is 5.73. The molecule has 0 bridgehead atoms. The van der Waals surface area contributed by atoms with Gasteiger partial charge in [-0.3, -0.25) is 16.0 Å². The first-order valence-corrected chi connectivity index (χ1v) is 7.01. The molecule has 108 valence electrons. The molecule has 6 nitrogen and oxygen atoms in total. The van der Waals surface area contributed by atoms with Crippen molar-refractivity contribution in [1.82, 2.24) is 25.0 Å². The van der Waals surface area contributed by atoms with Gasteiger partial charge in [-0.05, 0) is 27.4 Å². The molecule has 0 radical (unpaired) electrons. The second-order valence-electron chi connectivity index (χ2n) is 5.48. The van der Waals surface area contributed by atoms with E-state index in [9.17, 15) is 0 Å². The number of aromatic nitrogens is 2. The van der Waals surface area contributed by atoms with E-state index < -0.39 is 0 Å². The van der Waals surface area contributed by atoms with Gasteiger partial charge >= 0.3 is 0 Å². The molecule has 0 spiro atoms. The van der Waals surface area contributed by atoms with Crippen molar-refractivity contribution in [2.24, 2.45) is 5.84 Å². The monoisotopic (exact) mass is 266 g/mol. The van der Waals surface area contributed by atoms with Gasteiger partial charge in [0.15, 0.2) is 0 Å². The molecule has 0 amide bonds. The van der Waals surface area contributed by atoms with Crippen molar-refractivity contribution in [3.63, 3.8) is 0 Å². The Labute approximate surface area is 115 Å². The highest BCUT2D eigenvalue weighted by molar-refractivity contribution is 5.11. The topological polar surface area (TPSA) is 62.3 Å². The second kappa shape index (κ2) is 6.47. The highest BCUT2D eigenvalue weighted by atomic mass is 15.3. The van der Waals surface area contributed by atoms with Crippen LogP contribution in [0.4, 0.5) is 0 Å². The Morgan fingerprint density at radius 3 is 2.89 bits per heavy atom. The number of likely N-dealkylation sites (N-methyl/N-ethyl adjacent to an activating group) is 2. The van der Waals surface area contributed by atoms with Crippen LogP contribution in [0.25, 0.3) is 0 Å². The number of nitrogens with two attached hydrogens (primary N) is 1. The molecule has 1 saturated heterocycles. The molecule has 1 aliphatic heterocycles. The predicted molar refractivity (Wildman–Crippen MR) is 76.5 cm³/mol. The van der Waals surface area contributed by atoms with E-state index >= 15 is 0 Å². The van der Waals surface area contributed by atoms with Crippen LogP contribution in [-0.2, 0) is 6.54 Å². The molecule has 1 aromatic rings. The SMILES string of the molecule is CCn1cc(C(CC2CN(C)CCN2C)NN)cn1. The predicted octanol–water partition coefficient (Wildman–Crippen LogP) is 0.0433. The summed E-state index contributed by atoms with van der Waals surface area (Å²) in [4.78, 5) is 4.81. The van der Waals surface area contributed by atoms with E-state index in [1.165, 1.54) is 5.56 Å². The molecule has 2 unspecified atom stereocenters. The number of hydrogen-bond acceptors (Lipinski definition) is 5. The minimum Gasteiger partial charge on any atom is -0.304 e. The molecule has 0 aliphatic carbocycles. The van der Waals surface area contributed by atoms with E-state index in [0.29, 0.717) is 6.04 Å². The average molecular weight is 266 g/mol. The lowest BCUT2D eigenvalue weighted by molar-refractivity contribution is 0.101. The van der Waals surface area contributed by atoms with Gasteiger partial charge in [-0.1, -0.05) is 0 Å². The summed E-state index contributed by atoms with van der Waals surface area (Å²) in [6.07, 6.45) is 5.00. The number of piperazine rings is 1. The number of nitrogens with zero attached hydrogens (tertiary/aromatic N) is 4. The van der Waals surface area contributed by atoms with E-state index in [1.807, 2.05) is 10.9 Å². The zero-order valence-corrected chi connectivity index (χ0v) is 12.2. The van der Waals surface area contributed by atoms with Crippen molar-refractivity contribution in [2.75, 3.05) is 33.7 Å². The van der Waals surface area contributed by atoms with E-state index in [2.05, 4.69) is 47.5 Å². The van der Waals surface area contributed by atoms with Gasteiger partial charge in [0.1, 0.15) is 0 Å². The largest absolute Gasteiger partial charge is 0.304 e. The van der Waals surface area contributed by atoms with Gasteiger partial charge in [0.2, 0.25) is 0 Å². The number of nitrogens with one attached hydrogen (secondary N) is 1. The van der Waals surface area contributed by atoms with Crippen LogP contribution >= 0.6 is 0 Å². The average Bonchev–Trinajstić information content (AvgIpc) is 2.88. The molecular formula is C13H26N6. The number of hydrogen-bond donors (Lipinski definition) is 2. The van der Waals surface area contributed by atoms with Gasteiger partial charge in [-0.15, -0.1) is 0 Å². The van der Waals surface area contributed by atoms with E-state index in [-0.39, 0.29) is 6.04 Å². The lowest BCUT2D eigenvalue weighted by Gasteiger charge is -2.39. The van der Waals surface area contributed by atoms with Gasteiger partial charge in [-0.25, -0.2) is 0 Å². The Kier molecular flexibility index (Phi) is 4.93. The van der Waals surface area contributed by atoms with Gasteiger partial charge in [0.05, 0.1) is 12.2 Å². The van der Waals surface area contributed by atoms with Crippen LogP contribution in [-0.4, -0.2) is 59.4 Å². The van der Waals surface area contributed by atoms with E-state index in [1.54, 1.807) is 0 Å². The summed E-state index contributed by atoms with van der Waals surface area (Å²) >= 11 is 0. The second-order valence-corrected chi connectivity index (χ2v) is 5.48. The maximum Gasteiger partial charge on any atom is 0.0538 e. The minimum absolute atomic E-state index is 0.166. The molecule has 19 heavy (non-hydrogen) atoms. The van der Waals surface area contributed by atoms with Crippen LogP contribution in [0.2, 0.25) is 0 Å². The fraction of sp³-hybridized carbons (Fsp3) is 0.769. The summed E-state index contributed by atoms with van der Waals surface area (Å²) in [7, 11) is 4.38. The van der Waals surface area contributed by atoms with Crippen LogP contribution in [0.1, 0.15) is 24.9 Å². The zero-order chi connectivity index (χ0) is 13.8. The van der Waals surface area contributed by atoms with Gasteiger partial charge in [-0.2, -0.15) is 5.10 Å². The molecule has 0 aromatic carbocycles. The summed E-state index contributed by atoms with van der Waals surface area (Å²) < 4.78 is 1.94. The molecule has 2 heterocycles. The van der Waals surface area contributed by atoms with Gasteiger partial charge in [0.25, 0.3) is 0 Å². The summed E-state index contributed by atoms with van der Waals surface area (Å²) in [5, 5.41) is 4.33. The van der Waals surface area contributed by atoms with Crippen molar-refractivity contribution >= 4 is 0 Å². The smallest absolute Gasteiger partial charge is 0.0538 e. The molecular weight excluding hydrogens is 240 g/mol. The third-order valence-electron chi connectivity index (χ3n) is 4.07. The highest BCUT2D eigenvalue weighted by Crippen LogP contribution is 2.21. The Morgan fingerprint density at radius 2 is 2.26 bits per heavy atom. The molecule has 1 aliphatic rings.